The summed E-state index contributed by atoms with van der Waals surface area (Å²) >= 11 is 0. The minimum atomic E-state index is 0.353. The number of carbonyl (C=O) groups is 1. The van der Waals surface area contributed by atoms with Crippen molar-refractivity contribution in [3.05, 3.63) is 0 Å². The summed E-state index contributed by atoms with van der Waals surface area (Å²) < 4.78 is 0. The zero-order chi connectivity index (χ0) is 13.5. The van der Waals surface area contributed by atoms with Crippen LogP contribution in [0.1, 0.15) is 39.0 Å². The second-order valence-electron chi connectivity index (χ2n) is 5.91. The molecule has 2 fully saturated rings. The van der Waals surface area contributed by atoms with Crippen LogP contribution >= 0.6 is 0 Å². The van der Waals surface area contributed by atoms with Crippen molar-refractivity contribution < 1.29 is 4.79 Å². The van der Waals surface area contributed by atoms with E-state index in [0.717, 1.165) is 39.3 Å². The minimum absolute atomic E-state index is 0.353. The average molecular weight is 267 g/mol. The first kappa shape index (κ1) is 14.8. The smallest absolute Gasteiger partial charge is 0.236 e. The molecule has 0 radical (unpaired) electrons. The van der Waals surface area contributed by atoms with Gasteiger partial charge < -0.3 is 9.80 Å². The molecule has 0 unspecified atom stereocenters. The maximum atomic E-state index is 12.3. The third-order valence-corrected chi connectivity index (χ3v) is 4.32. The molecule has 0 aromatic carbocycles. The number of piperazine rings is 1. The number of amides is 1. The Balaban J connectivity index is 1.70. The van der Waals surface area contributed by atoms with Crippen molar-refractivity contribution in [1.29, 1.82) is 0 Å². The summed E-state index contributed by atoms with van der Waals surface area (Å²) in [6.45, 7) is 10.4. The quantitative estimate of drug-likeness (QED) is 0.771. The Hall–Kier alpha value is -0.610. The van der Waals surface area contributed by atoms with Crippen molar-refractivity contribution in [3.8, 4) is 0 Å². The summed E-state index contributed by atoms with van der Waals surface area (Å²) in [4.78, 5) is 19.2. The molecule has 2 aliphatic heterocycles. The van der Waals surface area contributed by atoms with Gasteiger partial charge in [-0.3, -0.25) is 9.69 Å². The minimum Gasteiger partial charge on any atom is -0.342 e. The normalized spacial score (nSPS) is 23.3. The molecule has 0 N–H and O–H groups in total. The highest BCUT2D eigenvalue weighted by molar-refractivity contribution is 5.78. The van der Waals surface area contributed by atoms with E-state index in [0.29, 0.717) is 12.5 Å². The Morgan fingerprint density at radius 2 is 1.42 bits per heavy atom. The molecule has 110 valence electrons. The number of nitrogens with zero attached hydrogens (tertiary/aromatic N) is 3. The maximum absolute atomic E-state index is 12.3. The molecule has 2 saturated heterocycles. The SMILES string of the molecule is CCCN1CCN(CC(=O)N2CCCCCC2)CC1. The monoisotopic (exact) mass is 267 g/mol. The third kappa shape index (κ3) is 4.77. The summed E-state index contributed by atoms with van der Waals surface area (Å²) in [5.41, 5.74) is 0. The van der Waals surface area contributed by atoms with E-state index in [1.54, 1.807) is 0 Å². The maximum Gasteiger partial charge on any atom is 0.236 e. The molecular weight excluding hydrogens is 238 g/mol. The van der Waals surface area contributed by atoms with E-state index < -0.39 is 0 Å². The Bertz CT molecular complexity index is 267. The summed E-state index contributed by atoms with van der Waals surface area (Å²) in [5.74, 6) is 0.353. The van der Waals surface area contributed by atoms with Gasteiger partial charge in [0.05, 0.1) is 6.54 Å². The van der Waals surface area contributed by atoms with Gasteiger partial charge in [0.15, 0.2) is 0 Å². The second-order valence-corrected chi connectivity index (χ2v) is 5.91. The van der Waals surface area contributed by atoms with Gasteiger partial charge in [-0.2, -0.15) is 0 Å². The van der Waals surface area contributed by atoms with Gasteiger partial charge in [0.1, 0.15) is 0 Å². The molecule has 0 atom stereocenters. The fourth-order valence-corrected chi connectivity index (χ4v) is 3.10. The Labute approximate surface area is 117 Å². The van der Waals surface area contributed by atoms with E-state index in [1.807, 2.05) is 0 Å². The first-order valence-corrected chi connectivity index (χ1v) is 8.02. The fourth-order valence-electron chi connectivity index (χ4n) is 3.10. The average Bonchev–Trinajstić information content (AvgIpc) is 2.70. The van der Waals surface area contributed by atoms with Gasteiger partial charge in [-0.05, 0) is 25.8 Å². The molecule has 1 amide bonds. The lowest BCUT2D eigenvalue weighted by Gasteiger charge is -2.35. The highest BCUT2D eigenvalue weighted by Crippen LogP contribution is 2.10. The summed E-state index contributed by atoms with van der Waals surface area (Å²) in [7, 11) is 0. The number of likely N-dealkylation sites (tertiary alicyclic amines) is 1. The zero-order valence-corrected chi connectivity index (χ0v) is 12.4. The summed E-state index contributed by atoms with van der Waals surface area (Å²) in [6, 6.07) is 0. The molecule has 4 heteroatoms. The van der Waals surface area contributed by atoms with Crippen molar-refractivity contribution >= 4 is 5.91 Å². The highest BCUT2D eigenvalue weighted by atomic mass is 16.2. The molecule has 19 heavy (non-hydrogen) atoms. The third-order valence-electron chi connectivity index (χ3n) is 4.32. The van der Waals surface area contributed by atoms with Crippen LogP contribution in [0.3, 0.4) is 0 Å². The lowest BCUT2D eigenvalue weighted by Crippen LogP contribution is -2.50. The molecule has 0 saturated carbocycles. The van der Waals surface area contributed by atoms with E-state index >= 15 is 0 Å². The summed E-state index contributed by atoms with van der Waals surface area (Å²) in [6.07, 6.45) is 6.19. The molecule has 0 spiro atoms. The molecule has 4 nitrogen and oxygen atoms in total. The van der Waals surface area contributed by atoms with Crippen molar-refractivity contribution in [2.24, 2.45) is 0 Å². The first-order valence-electron chi connectivity index (χ1n) is 8.02. The van der Waals surface area contributed by atoms with Gasteiger partial charge >= 0.3 is 0 Å². The van der Waals surface area contributed by atoms with Crippen LogP contribution in [-0.2, 0) is 4.79 Å². The largest absolute Gasteiger partial charge is 0.342 e. The molecule has 0 bridgehead atoms. The van der Waals surface area contributed by atoms with E-state index in [-0.39, 0.29) is 0 Å². The number of carbonyl (C=O) groups excluding carboxylic acids is 1. The molecule has 0 aromatic heterocycles. The Kier molecular flexibility index (Phi) is 6.11. The standard InChI is InChI=1S/C15H29N3O/c1-2-7-16-10-12-17(13-11-16)14-15(19)18-8-5-3-4-6-9-18/h2-14H2,1H3. The zero-order valence-electron chi connectivity index (χ0n) is 12.4. The molecule has 2 heterocycles. The van der Waals surface area contributed by atoms with Gasteiger partial charge in [0.2, 0.25) is 5.91 Å². The van der Waals surface area contributed by atoms with Crippen LogP contribution in [0.15, 0.2) is 0 Å². The van der Waals surface area contributed by atoms with Gasteiger partial charge in [-0.15, -0.1) is 0 Å². The first-order chi connectivity index (χ1) is 9.29. The van der Waals surface area contributed by atoms with Crippen LogP contribution in [0.4, 0.5) is 0 Å². The molecule has 2 aliphatic rings. The van der Waals surface area contributed by atoms with Crippen molar-refractivity contribution in [2.45, 2.75) is 39.0 Å². The molecule has 2 rings (SSSR count). The lowest BCUT2D eigenvalue weighted by molar-refractivity contribution is -0.132. The Morgan fingerprint density at radius 3 is 2.00 bits per heavy atom. The van der Waals surface area contributed by atoms with Gasteiger partial charge in [0.25, 0.3) is 0 Å². The fraction of sp³-hybridized carbons (Fsp3) is 0.933. The van der Waals surface area contributed by atoms with E-state index in [1.165, 1.54) is 38.6 Å². The molecule has 0 aromatic rings. The topological polar surface area (TPSA) is 26.8 Å². The number of hydrogen-bond donors (Lipinski definition) is 0. The highest BCUT2D eigenvalue weighted by Gasteiger charge is 2.21. The number of rotatable bonds is 4. The van der Waals surface area contributed by atoms with Crippen molar-refractivity contribution in [1.82, 2.24) is 14.7 Å². The Morgan fingerprint density at radius 1 is 0.842 bits per heavy atom. The number of hydrogen-bond acceptors (Lipinski definition) is 3. The van der Waals surface area contributed by atoms with Gasteiger partial charge in [0, 0.05) is 39.3 Å². The van der Waals surface area contributed by atoms with Crippen LogP contribution in [0.2, 0.25) is 0 Å². The molecule has 0 aliphatic carbocycles. The predicted octanol–water partition coefficient (Wildman–Crippen LogP) is 1.42. The van der Waals surface area contributed by atoms with Gasteiger partial charge in [-0.25, -0.2) is 0 Å². The van der Waals surface area contributed by atoms with E-state index in [2.05, 4.69) is 21.6 Å². The van der Waals surface area contributed by atoms with Crippen LogP contribution < -0.4 is 0 Å². The van der Waals surface area contributed by atoms with Crippen molar-refractivity contribution in [3.63, 3.8) is 0 Å². The van der Waals surface area contributed by atoms with Crippen molar-refractivity contribution in [2.75, 3.05) is 52.4 Å². The van der Waals surface area contributed by atoms with E-state index in [4.69, 9.17) is 0 Å². The van der Waals surface area contributed by atoms with Crippen LogP contribution in [0.25, 0.3) is 0 Å². The van der Waals surface area contributed by atoms with Gasteiger partial charge in [-0.1, -0.05) is 19.8 Å². The second kappa shape index (κ2) is 7.85. The summed E-state index contributed by atoms with van der Waals surface area (Å²) in [5, 5.41) is 0. The van der Waals surface area contributed by atoms with Crippen LogP contribution in [0.5, 0.6) is 0 Å². The van der Waals surface area contributed by atoms with E-state index in [9.17, 15) is 4.79 Å². The molecular formula is C15H29N3O. The van der Waals surface area contributed by atoms with Crippen LogP contribution in [-0.4, -0.2) is 73.0 Å². The predicted molar refractivity (Wildman–Crippen MR) is 78.2 cm³/mol. The lowest BCUT2D eigenvalue weighted by atomic mass is 10.2. The van der Waals surface area contributed by atoms with Crippen LogP contribution in [0, 0.1) is 0 Å².